The lowest BCUT2D eigenvalue weighted by Crippen LogP contribution is -2.43. The number of anilines is 1. The van der Waals surface area contributed by atoms with Crippen molar-refractivity contribution < 1.29 is 15.3 Å². The molecular formula is C10H16N4O4. The lowest BCUT2D eigenvalue weighted by Gasteiger charge is -2.27. The molecule has 18 heavy (non-hydrogen) atoms. The van der Waals surface area contributed by atoms with E-state index in [4.69, 9.17) is 10.8 Å². The summed E-state index contributed by atoms with van der Waals surface area (Å²) in [5, 5.41) is 32.0. The van der Waals surface area contributed by atoms with Gasteiger partial charge in [0, 0.05) is 6.20 Å². The van der Waals surface area contributed by atoms with Crippen molar-refractivity contribution in [2.24, 2.45) is 0 Å². The molecule has 1 saturated heterocycles. The second kappa shape index (κ2) is 4.32. The second-order valence-electron chi connectivity index (χ2n) is 4.61. The normalized spacial score (nSPS) is 35.9. The molecule has 0 aromatic carbocycles. The Morgan fingerprint density at radius 1 is 1.61 bits per heavy atom. The quantitative estimate of drug-likeness (QED) is 0.342. The number of aromatic nitrogens is 2. The highest BCUT2D eigenvalue weighted by atomic mass is 16.3. The molecule has 0 bridgehead atoms. The number of nitrogens with two attached hydrogens (primary N) is 1. The summed E-state index contributed by atoms with van der Waals surface area (Å²) in [6, 6.07) is -1.54. The van der Waals surface area contributed by atoms with E-state index in [1.165, 1.54) is 13.1 Å². The predicted molar refractivity (Wildman–Crippen MR) is 62.7 cm³/mol. The molecule has 0 spiro atoms. The van der Waals surface area contributed by atoms with Crippen molar-refractivity contribution in [3.8, 4) is 0 Å². The molecule has 1 aromatic heterocycles. The number of H-pyrrole nitrogens is 1. The number of nitrogens with one attached hydrogen (secondary N) is 2. The van der Waals surface area contributed by atoms with Crippen molar-refractivity contribution in [2.45, 2.75) is 30.7 Å². The first-order valence-electron chi connectivity index (χ1n) is 5.50. The van der Waals surface area contributed by atoms with E-state index in [9.17, 15) is 15.0 Å². The molecule has 8 heteroatoms. The van der Waals surface area contributed by atoms with Crippen LogP contribution < -0.4 is 16.6 Å². The highest BCUT2D eigenvalue weighted by molar-refractivity contribution is 5.25. The Bertz CT molecular complexity index is 501. The Morgan fingerprint density at radius 3 is 2.78 bits per heavy atom. The number of hydrogen-bond donors (Lipinski definition) is 6. The fourth-order valence-corrected chi connectivity index (χ4v) is 2.23. The minimum atomic E-state index is -1.59. The highest BCUT2D eigenvalue weighted by Crippen LogP contribution is 2.34. The molecule has 0 amide bonds. The van der Waals surface area contributed by atoms with Gasteiger partial charge >= 0.3 is 0 Å². The monoisotopic (exact) mass is 256 g/mol. The van der Waals surface area contributed by atoms with Crippen molar-refractivity contribution in [3.63, 3.8) is 0 Å². The first kappa shape index (κ1) is 13.0. The Morgan fingerprint density at radius 2 is 2.28 bits per heavy atom. The lowest BCUT2D eigenvalue weighted by molar-refractivity contribution is -0.0579. The molecule has 100 valence electrons. The smallest absolute Gasteiger partial charge is 0.257 e. The molecule has 4 atom stereocenters. The van der Waals surface area contributed by atoms with Gasteiger partial charge in [0.25, 0.3) is 5.56 Å². The maximum Gasteiger partial charge on any atom is 0.257 e. The van der Waals surface area contributed by atoms with Gasteiger partial charge in [-0.25, -0.2) is 4.98 Å². The van der Waals surface area contributed by atoms with Gasteiger partial charge < -0.3 is 21.1 Å². The van der Waals surface area contributed by atoms with Gasteiger partial charge in [0.05, 0.1) is 24.3 Å². The van der Waals surface area contributed by atoms with Crippen LogP contribution in [0.15, 0.2) is 11.0 Å². The summed E-state index contributed by atoms with van der Waals surface area (Å²) < 4.78 is 0. The van der Waals surface area contributed by atoms with Gasteiger partial charge in [0.1, 0.15) is 11.7 Å². The number of nitrogen functional groups attached to an aromatic ring is 1. The molecular weight excluding hydrogens is 240 g/mol. The molecule has 1 aromatic rings. The third-order valence-electron chi connectivity index (χ3n) is 3.30. The zero-order valence-corrected chi connectivity index (χ0v) is 9.79. The van der Waals surface area contributed by atoms with Crippen LogP contribution in [0.3, 0.4) is 0 Å². The van der Waals surface area contributed by atoms with Gasteiger partial charge in [-0.1, -0.05) is 0 Å². The SMILES string of the molecule is C[C@@]1(O)[C@H](O)[C@@H](CO)N[C@H]1c1cnc(N)[nH]c1=O. The van der Waals surface area contributed by atoms with Crippen LogP contribution in [0.25, 0.3) is 0 Å². The van der Waals surface area contributed by atoms with E-state index < -0.39 is 29.3 Å². The number of aliphatic hydroxyl groups is 3. The van der Waals surface area contributed by atoms with E-state index in [1.54, 1.807) is 0 Å². The van der Waals surface area contributed by atoms with Crippen LogP contribution in [0.4, 0.5) is 5.95 Å². The molecule has 7 N–H and O–H groups in total. The van der Waals surface area contributed by atoms with Crippen molar-refractivity contribution >= 4 is 5.95 Å². The van der Waals surface area contributed by atoms with Crippen molar-refractivity contribution in [2.75, 3.05) is 12.3 Å². The van der Waals surface area contributed by atoms with Crippen LogP contribution in [-0.4, -0.2) is 49.6 Å². The molecule has 1 aliphatic rings. The average Bonchev–Trinajstić information content (AvgIpc) is 2.52. The molecule has 1 aliphatic heterocycles. The summed E-state index contributed by atoms with van der Waals surface area (Å²) in [7, 11) is 0. The van der Waals surface area contributed by atoms with Crippen molar-refractivity contribution in [1.29, 1.82) is 0 Å². The Balaban J connectivity index is 2.42. The van der Waals surface area contributed by atoms with Gasteiger partial charge in [-0.15, -0.1) is 0 Å². The zero-order chi connectivity index (χ0) is 13.5. The number of nitrogens with zero attached hydrogens (tertiary/aromatic N) is 1. The summed E-state index contributed by atoms with van der Waals surface area (Å²) >= 11 is 0. The standard InChI is InChI=1S/C10H16N4O4/c1-10(18)6(13-5(3-15)7(10)16)4-2-12-9(11)14-8(4)17/h2,5-7,13,15-16,18H,3H2,1H3,(H3,11,12,14,17)/t5-,6+,7-,10+/m1/s1. The molecule has 0 aliphatic carbocycles. The third kappa shape index (κ3) is 1.89. The van der Waals surface area contributed by atoms with E-state index in [0.717, 1.165) is 0 Å². The van der Waals surface area contributed by atoms with Crippen LogP contribution in [0.2, 0.25) is 0 Å². The lowest BCUT2D eigenvalue weighted by atomic mass is 9.89. The van der Waals surface area contributed by atoms with Crippen LogP contribution in [0.5, 0.6) is 0 Å². The first-order valence-corrected chi connectivity index (χ1v) is 5.50. The Kier molecular flexibility index (Phi) is 3.11. The average molecular weight is 256 g/mol. The van der Waals surface area contributed by atoms with Gasteiger partial charge in [-0.2, -0.15) is 0 Å². The van der Waals surface area contributed by atoms with E-state index in [-0.39, 0.29) is 18.1 Å². The third-order valence-corrected chi connectivity index (χ3v) is 3.30. The molecule has 0 saturated carbocycles. The molecule has 0 unspecified atom stereocenters. The van der Waals surface area contributed by atoms with E-state index >= 15 is 0 Å². The summed E-state index contributed by atoms with van der Waals surface area (Å²) in [5.41, 5.74) is 3.41. The number of aromatic amines is 1. The molecule has 2 heterocycles. The van der Waals surface area contributed by atoms with E-state index in [0.29, 0.717) is 0 Å². The summed E-state index contributed by atoms with van der Waals surface area (Å²) in [6.07, 6.45) is 0.0525. The first-order chi connectivity index (χ1) is 8.37. The van der Waals surface area contributed by atoms with Gasteiger partial charge in [-0.05, 0) is 6.92 Å². The van der Waals surface area contributed by atoms with E-state index in [1.807, 2.05) is 0 Å². The number of aliphatic hydroxyl groups excluding tert-OH is 2. The Labute approximate surface area is 102 Å². The van der Waals surface area contributed by atoms with Gasteiger partial charge in [-0.3, -0.25) is 15.1 Å². The second-order valence-corrected chi connectivity index (χ2v) is 4.61. The topological polar surface area (TPSA) is 144 Å². The maximum atomic E-state index is 11.7. The molecule has 8 nitrogen and oxygen atoms in total. The fourth-order valence-electron chi connectivity index (χ4n) is 2.23. The Hall–Kier alpha value is -1.48. The molecule has 1 fully saturated rings. The minimum Gasteiger partial charge on any atom is -0.395 e. The highest BCUT2D eigenvalue weighted by Gasteiger charge is 2.51. The van der Waals surface area contributed by atoms with Crippen LogP contribution >= 0.6 is 0 Å². The van der Waals surface area contributed by atoms with Gasteiger partial charge in [0.15, 0.2) is 5.95 Å². The summed E-state index contributed by atoms with van der Waals surface area (Å²) in [4.78, 5) is 17.8. The summed E-state index contributed by atoms with van der Waals surface area (Å²) in [5.74, 6) is -0.0272. The van der Waals surface area contributed by atoms with Crippen LogP contribution in [0.1, 0.15) is 18.5 Å². The van der Waals surface area contributed by atoms with Crippen molar-refractivity contribution in [1.82, 2.24) is 15.3 Å². The minimum absolute atomic E-state index is 0.0272. The largest absolute Gasteiger partial charge is 0.395 e. The van der Waals surface area contributed by atoms with Crippen molar-refractivity contribution in [3.05, 3.63) is 22.1 Å². The molecule has 0 radical (unpaired) electrons. The zero-order valence-electron chi connectivity index (χ0n) is 9.79. The number of rotatable bonds is 2. The van der Waals surface area contributed by atoms with Gasteiger partial charge in [0.2, 0.25) is 0 Å². The van der Waals surface area contributed by atoms with Crippen LogP contribution in [-0.2, 0) is 0 Å². The molecule has 2 rings (SSSR count). The van der Waals surface area contributed by atoms with Crippen LogP contribution in [0, 0.1) is 0 Å². The predicted octanol–water partition coefficient (Wildman–Crippen LogP) is -2.53. The summed E-state index contributed by atoms with van der Waals surface area (Å²) in [6.45, 7) is 1.04. The fraction of sp³-hybridized carbons (Fsp3) is 0.600. The number of hydrogen-bond acceptors (Lipinski definition) is 7. The van der Waals surface area contributed by atoms with E-state index in [2.05, 4.69) is 15.3 Å². The maximum absolute atomic E-state index is 11.7.